The average Bonchev–Trinajstić information content (AvgIpc) is 2.64. The number of piperidine rings is 1. The highest BCUT2D eigenvalue weighted by Crippen LogP contribution is 2.34. The Balaban J connectivity index is 1.70. The first-order valence-corrected chi connectivity index (χ1v) is 11.5. The van der Waals surface area contributed by atoms with Crippen molar-refractivity contribution in [2.24, 2.45) is 5.92 Å². The van der Waals surface area contributed by atoms with Crippen LogP contribution in [0.4, 0.5) is 4.79 Å². The molecule has 0 N–H and O–H groups in total. The Morgan fingerprint density at radius 2 is 1.55 bits per heavy atom. The summed E-state index contributed by atoms with van der Waals surface area (Å²) in [6, 6.07) is -0.0799. The largest absolute Gasteiger partial charge is 0.444 e. The zero-order valence-electron chi connectivity index (χ0n) is 18.8. The van der Waals surface area contributed by atoms with Crippen LogP contribution < -0.4 is 0 Å². The van der Waals surface area contributed by atoms with E-state index in [9.17, 15) is 9.59 Å². The molecule has 0 aliphatic carbocycles. The van der Waals surface area contributed by atoms with Gasteiger partial charge in [-0.15, -0.1) is 6.58 Å². The van der Waals surface area contributed by atoms with Gasteiger partial charge in [-0.2, -0.15) is 0 Å². The Kier molecular flexibility index (Phi) is 9.67. The third kappa shape index (κ3) is 8.12. The van der Waals surface area contributed by atoms with Crippen molar-refractivity contribution >= 4 is 11.9 Å². The minimum Gasteiger partial charge on any atom is -0.444 e. The van der Waals surface area contributed by atoms with Crippen molar-refractivity contribution < 1.29 is 19.1 Å². The van der Waals surface area contributed by atoms with Gasteiger partial charge in [-0.1, -0.05) is 38.2 Å². The Morgan fingerprint density at radius 1 is 1.00 bits per heavy atom. The highest BCUT2D eigenvalue weighted by Gasteiger charge is 2.44. The molecule has 0 aromatic carbocycles. The average molecular weight is 408 g/mol. The minimum atomic E-state index is -0.509. The molecule has 5 heteroatoms. The number of rotatable bonds is 11. The number of unbranched alkanes of at least 4 members (excludes halogenated alkanes) is 7. The number of Topliss-reactive ketones (excluding diaryl/α,β-unsaturated/α-hetero) is 1. The number of ketones is 1. The summed E-state index contributed by atoms with van der Waals surface area (Å²) in [5, 5.41) is 0. The summed E-state index contributed by atoms with van der Waals surface area (Å²) in [5.41, 5.74) is -0.509. The summed E-state index contributed by atoms with van der Waals surface area (Å²) < 4.78 is 11.3. The van der Waals surface area contributed by atoms with Gasteiger partial charge in [0.15, 0.2) is 0 Å². The quantitative estimate of drug-likeness (QED) is 0.327. The SMILES string of the molecule is C=CCCCCCCCCCC(=O)C1CC2COCC(C1)N2C(=O)OC(C)(C)C. The number of hydrogen-bond acceptors (Lipinski definition) is 4. The van der Waals surface area contributed by atoms with Gasteiger partial charge in [0.1, 0.15) is 11.4 Å². The fourth-order valence-electron chi connectivity index (χ4n) is 4.47. The molecule has 0 aromatic heterocycles. The smallest absolute Gasteiger partial charge is 0.410 e. The summed E-state index contributed by atoms with van der Waals surface area (Å²) in [6.45, 7) is 10.4. The van der Waals surface area contributed by atoms with Crippen molar-refractivity contribution in [1.82, 2.24) is 4.90 Å². The lowest BCUT2D eigenvalue weighted by atomic mass is 9.81. The number of ether oxygens (including phenoxy) is 2. The Hall–Kier alpha value is -1.36. The molecule has 2 unspecified atom stereocenters. The van der Waals surface area contributed by atoms with Gasteiger partial charge in [0.05, 0.1) is 25.3 Å². The van der Waals surface area contributed by atoms with E-state index in [1.807, 2.05) is 31.7 Å². The van der Waals surface area contributed by atoms with Gasteiger partial charge >= 0.3 is 6.09 Å². The Labute approximate surface area is 177 Å². The lowest BCUT2D eigenvalue weighted by molar-refractivity contribution is -0.132. The first kappa shape index (κ1) is 23.9. The maximum Gasteiger partial charge on any atom is 0.410 e. The van der Waals surface area contributed by atoms with Crippen LogP contribution in [0.25, 0.3) is 0 Å². The number of carbonyl (C=O) groups excluding carboxylic acids is 2. The molecule has 2 saturated heterocycles. The van der Waals surface area contributed by atoms with Crippen molar-refractivity contribution in [2.75, 3.05) is 13.2 Å². The molecule has 0 saturated carbocycles. The van der Waals surface area contributed by atoms with Crippen LogP contribution in [0, 0.1) is 5.92 Å². The fraction of sp³-hybridized carbons (Fsp3) is 0.833. The fourth-order valence-corrected chi connectivity index (χ4v) is 4.47. The summed E-state index contributed by atoms with van der Waals surface area (Å²) >= 11 is 0. The highest BCUT2D eigenvalue weighted by molar-refractivity contribution is 5.81. The van der Waals surface area contributed by atoms with Gasteiger partial charge in [-0.25, -0.2) is 4.79 Å². The van der Waals surface area contributed by atoms with E-state index in [1.165, 1.54) is 32.1 Å². The third-order valence-corrected chi connectivity index (χ3v) is 5.91. The summed E-state index contributed by atoms with van der Waals surface area (Å²) in [4.78, 5) is 27.2. The molecule has 5 nitrogen and oxygen atoms in total. The minimum absolute atomic E-state index is 0.0399. The van der Waals surface area contributed by atoms with Gasteiger partial charge in [-0.3, -0.25) is 9.69 Å². The van der Waals surface area contributed by atoms with Crippen LogP contribution in [0.1, 0.15) is 91.4 Å². The van der Waals surface area contributed by atoms with Crippen LogP contribution in [0.2, 0.25) is 0 Å². The van der Waals surface area contributed by atoms with Crippen LogP contribution in [0.3, 0.4) is 0 Å². The number of carbonyl (C=O) groups is 2. The van der Waals surface area contributed by atoms with Gasteiger partial charge in [0.2, 0.25) is 0 Å². The van der Waals surface area contributed by atoms with Gasteiger partial charge < -0.3 is 9.47 Å². The second-order valence-corrected chi connectivity index (χ2v) is 9.67. The summed E-state index contributed by atoms with van der Waals surface area (Å²) in [7, 11) is 0. The van der Waals surface area contributed by atoms with Crippen molar-refractivity contribution in [3.05, 3.63) is 12.7 Å². The molecular formula is C24H41NO4. The van der Waals surface area contributed by atoms with E-state index in [2.05, 4.69) is 6.58 Å². The highest BCUT2D eigenvalue weighted by atomic mass is 16.6. The van der Waals surface area contributed by atoms with E-state index in [-0.39, 0.29) is 24.1 Å². The summed E-state index contributed by atoms with van der Waals surface area (Å²) in [5.74, 6) is 0.434. The Bertz CT molecular complexity index is 525. The number of hydrogen-bond donors (Lipinski definition) is 0. The second kappa shape index (κ2) is 11.7. The zero-order chi connectivity index (χ0) is 21.3. The molecule has 2 fully saturated rings. The van der Waals surface area contributed by atoms with Crippen LogP contribution in [0.5, 0.6) is 0 Å². The van der Waals surface area contributed by atoms with Crippen molar-refractivity contribution in [1.29, 1.82) is 0 Å². The lowest BCUT2D eigenvalue weighted by Crippen LogP contribution is -2.60. The number of nitrogens with zero attached hydrogens (tertiary/aromatic N) is 1. The monoisotopic (exact) mass is 407 g/mol. The molecular weight excluding hydrogens is 366 g/mol. The van der Waals surface area contributed by atoms with Gasteiger partial charge in [-0.05, 0) is 52.9 Å². The van der Waals surface area contributed by atoms with Crippen molar-refractivity contribution in [3.8, 4) is 0 Å². The number of fused-ring (bicyclic) bond motifs is 2. The van der Waals surface area contributed by atoms with E-state index >= 15 is 0 Å². The standard InChI is InChI=1S/C24H41NO4/c1-5-6-7-8-9-10-11-12-13-14-22(26)19-15-20-17-28-18-21(16-19)25(20)23(27)29-24(2,3)4/h5,19-21H,1,6-18H2,2-4H3. The van der Waals surface area contributed by atoms with Crippen molar-refractivity contribution in [2.45, 2.75) is 109 Å². The van der Waals surface area contributed by atoms with E-state index in [0.717, 1.165) is 19.3 Å². The van der Waals surface area contributed by atoms with Gasteiger partial charge in [0.25, 0.3) is 0 Å². The third-order valence-electron chi connectivity index (χ3n) is 5.91. The molecule has 29 heavy (non-hydrogen) atoms. The molecule has 2 bridgehead atoms. The van der Waals surface area contributed by atoms with Crippen LogP contribution in [-0.2, 0) is 14.3 Å². The predicted octanol–water partition coefficient (Wildman–Crippen LogP) is 5.67. The molecule has 1 amide bonds. The maximum absolute atomic E-state index is 12.8. The molecule has 2 aliphatic rings. The summed E-state index contributed by atoms with van der Waals surface area (Å²) in [6.07, 6.45) is 13.4. The normalized spacial score (nSPS) is 24.2. The van der Waals surface area contributed by atoms with E-state index in [0.29, 0.717) is 38.3 Å². The molecule has 166 valence electrons. The molecule has 0 radical (unpaired) electrons. The van der Waals surface area contributed by atoms with Gasteiger partial charge in [0, 0.05) is 12.3 Å². The van der Waals surface area contributed by atoms with Crippen LogP contribution >= 0.6 is 0 Å². The van der Waals surface area contributed by atoms with E-state index in [1.54, 1.807) is 0 Å². The molecule has 0 spiro atoms. The van der Waals surface area contributed by atoms with Crippen LogP contribution in [0.15, 0.2) is 12.7 Å². The maximum atomic E-state index is 12.8. The lowest BCUT2D eigenvalue weighted by Gasteiger charge is -2.47. The predicted molar refractivity (Wildman–Crippen MR) is 116 cm³/mol. The first-order valence-electron chi connectivity index (χ1n) is 11.5. The molecule has 2 atom stereocenters. The van der Waals surface area contributed by atoms with Crippen LogP contribution in [-0.4, -0.2) is 47.7 Å². The first-order chi connectivity index (χ1) is 13.8. The molecule has 2 rings (SSSR count). The second-order valence-electron chi connectivity index (χ2n) is 9.67. The number of amides is 1. The number of allylic oxidation sites excluding steroid dienone is 1. The van der Waals surface area contributed by atoms with Crippen molar-refractivity contribution in [3.63, 3.8) is 0 Å². The topological polar surface area (TPSA) is 55.8 Å². The molecule has 2 heterocycles. The van der Waals surface area contributed by atoms with E-state index < -0.39 is 5.60 Å². The zero-order valence-corrected chi connectivity index (χ0v) is 18.8. The number of morpholine rings is 1. The Morgan fingerprint density at radius 3 is 2.10 bits per heavy atom. The van der Waals surface area contributed by atoms with E-state index in [4.69, 9.17) is 9.47 Å². The molecule has 0 aromatic rings. The molecule has 2 aliphatic heterocycles.